The predicted octanol–water partition coefficient (Wildman–Crippen LogP) is 4.04. The topological polar surface area (TPSA) is 46.9 Å². The van der Waals surface area contributed by atoms with Crippen LogP contribution in [0, 0.1) is 27.7 Å². The molecule has 0 bridgehead atoms. The minimum atomic E-state index is -0.0695. The maximum atomic E-state index is 12.4. The van der Waals surface area contributed by atoms with E-state index in [2.05, 4.69) is 42.5 Å². The Morgan fingerprint density at radius 1 is 1.00 bits per heavy atom. The molecule has 0 fully saturated rings. The molecule has 0 spiro atoms. The summed E-state index contributed by atoms with van der Waals surface area (Å²) in [6.07, 6.45) is 0. The molecule has 4 heteroatoms. The number of hydrogen-bond acceptors (Lipinski definition) is 2. The van der Waals surface area contributed by atoms with Crippen LogP contribution in [-0.4, -0.2) is 15.7 Å². The molecule has 3 aromatic rings. The standard InChI is InChI=1S/C21H23N3O/c1-14-5-6-19(15(2)11-14)13-22-21(25)18-7-9-20(10-8-18)24-17(4)12-16(3)23-24/h5-12H,13H2,1-4H3,(H,22,25). The first-order valence-electron chi connectivity index (χ1n) is 8.42. The van der Waals surface area contributed by atoms with Crippen molar-refractivity contribution in [2.24, 2.45) is 0 Å². The summed E-state index contributed by atoms with van der Waals surface area (Å²) in [4.78, 5) is 12.4. The van der Waals surface area contributed by atoms with Gasteiger partial charge in [-0.05, 0) is 69.2 Å². The summed E-state index contributed by atoms with van der Waals surface area (Å²) in [7, 11) is 0. The second-order valence-corrected chi connectivity index (χ2v) is 6.50. The average Bonchev–Trinajstić information content (AvgIpc) is 2.92. The van der Waals surface area contributed by atoms with Crippen molar-refractivity contribution >= 4 is 5.91 Å². The lowest BCUT2D eigenvalue weighted by Gasteiger charge is -2.10. The van der Waals surface area contributed by atoms with E-state index in [1.165, 1.54) is 11.1 Å². The molecule has 0 aliphatic carbocycles. The molecule has 128 valence electrons. The summed E-state index contributed by atoms with van der Waals surface area (Å²) in [6.45, 7) is 8.66. The van der Waals surface area contributed by atoms with Gasteiger partial charge in [0.1, 0.15) is 0 Å². The maximum absolute atomic E-state index is 12.4. The first kappa shape index (κ1) is 17.0. The van der Waals surface area contributed by atoms with Gasteiger partial charge in [0, 0.05) is 17.8 Å². The van der Waals surface area contributed by atoms with Crippen LogP contribution in [0.5, 0.6) is 0 Å². The monoisotopic (exact) mass is 333 g/mol. The SMILES string of the molecule is Cc1ccc(CNC(=O)c2ccc(-n3nc(C)cc3C)cc2)c(C)c1. The van der Waals surface area contributed by atoms with Gasteiger partial charge in [-0.1, -0.05) is 23.8 Å². The Morgan fingerprint density at radius 2 is 1.72 bits per heavy atom. The van der Waals surface area contributed by atoms with Crippen LogP contribution in [-0.2, 0) is 6.54 Å². The zero-order valence-electron chi connectivity index (χ0n) is 15.1. The van der Waals surface area contributed by atoms with E-state index in [9.17, 15) is 4.79 Å². The van der Waals surface area contributed by atoms with Gasteiger partial charge in [0.2, 0.25) is 0 Å². The lowest BCUT2D eigenvalue weighted by atomic mass is 10.1. The molecular formula is C21H23N3O. The zero-order valence-corrected chi connectivity index (χ0v) is 15.1. The van der Waals surface area contributed by atoms with Crippen LogP contribution in [0.15, 0.2) is 48.5 Å². The van der Waals surface area contributed by atoms with Gasteiger partial charge in [-0.25, -0.2) is 4.68 Å². The molecule has 0 saturated heterocycles. The van der Waals surface area contributed by atoms with Crippen LogP contribution in [0.2, 0.25) is 0 Å². The summed E-state index contributed by atoms with van der Waals surface area (Å²) >= 11 is 0. The third-order valence-corrected chi connectivity index (χ3v) is 4.32. The van der Waals surface area contributed by atoms with E-state index in [1.807, 2.05) is 48.9 Å². The highest BCUT2D eigenvalue weighted by atomic mass is 16.1. The molecule has 1 heterocycles. The number of amides is 1. The smallest absolute Gasteiger partial charge is 0.251 e. The third kappa shape index (κ3) is 3.79. The normalized spacial score (nSPS) is 10.7. The minimum Gasteiger partial charge on any atom is -0.348 e. The number of aryl methyl sites for hydroxylation is 4. The molecule has 0 aliphatic rings. The van der Waals surface area contributed by atoms with Crippen LogP contribution >= 0.6 is 0 Å². The van der Waals surface area contributed by atoms with Gasteiger partial charge in [-0.3, -0.25) is 4.79 Å². The van der Waals surface area contributed by atoms with Gasteiger partial charge in [0.15, 0.2) is 0 Å². The summed E-state index contributed by atoms with van der Waals surface area (Å²) in [5.74, 6) is -0.0695. The Balaban J connectivity index is 1.69. The fourth-order valence-corrected chi connectivity index (χ4v) is 2.97. The first-order chi connectivity index (χ1) is 11.9. The van der Waals surface area contributed by atoms with Gasteiger partial charge in [0.05, 0.1) is 11.4 Å². The lowest BCUT2D eigenvalue weighted by Crippen LogP contribution is -2.23. The Morgan fingerprint density at radius 3 is 2.32 bits per heavy atom. The third-order valence-electron chi connectivity index (χ3n) is 4.32. The molecular weight excluding hydrogens is 310 g/mol. The quantitative estimate of drug-likeness (QED) is 0.783. The minimum absolute atomic E-state index is 0.0695. The van der Waals surface area contributed by atoms with Gasteiger partial charge in [0.25, 0.3) is 5.91 Å². The second-order valence-electron chi connectivity index (χ2n) is 6.50. The van der Waals surface area contributed by atoms with Crippen LogP contribution < -0.4 is 5.32 Å². The largest absolute Gasteiger partial charge is 0.348 e. The molecule has 25 heavy (non-hydrogen) atoms. The van der Waals surface area contributed by atoms with Crippen molar-refractivity contribution < 1.29 is 4.79 Å². The molecule has 0 unspecified atom stereocenters. The second kappa shape index (κ2) is 6.93. The Kier molecular flexibility index (Phi) is 4.70. The van der Waals surface area contributed by atoms with Gasteiger partial charge in [-0.2, -0.15) is 5.10 Å². The Bertz CT molecular complexity index is 907. The first-order valence-corrected chi connectivity index (χ1v) is 8.42. The summed E-state index contributed by atoms with van der Waals surface area (Å²) < 4.78 is 1.88. The van der Waals surface area contributed by atoms with Crippen molar-refractivity contribution in [3.8, 4) is 5.69 Å². The van der Waals surface area contributed by atoms with Crippen molar-refractivity contribution in [1.29, 1.82) is 0 Å². The summed E-state index contributed by atoms with van der Waals surface area (Å²) in [6, 6.07) is 15.8. The van der Waals surface area contributed by atoms with E-state index in [4.69, 9.17) is 0 Å². The van der Waals surface area contributed by atoms with E-state index < -0.39 is 0 Å². The fraction of sp³-hybridized carbons (Fsp3) is 0.238. The Hall–Kier alpha value is -2.88. The number of hydrogen-bond donors (Lipinski definition) is 1. The van der Waals surface area contributed by atoms with Crippen molar-refractivity contribution in [3.63, 3.8) is 0 Å². The molecule has 3 rings (SSSR count). The Labute approximate surface area is 148 Å². The van der Waals surface area contributed by atoms with Crippen LogP contribution in [0.3, 0.4) is 0 Å². The molecule has 0 atom stereocenters. The van der Waals surface area contributed by atoms with E-state index >= 15 is 0 Å². The summed E-state index contributed by atoms with van der Waals surface area (Å²) in [5, 5.41) is 7.45. The van der Waals surface area contributed by atoms with Crippen molar-refractivity contribution in [1.82, 2.24) is 15.1 Å². The van der Waals surface area contributed by atoms with Crippen molar-refractivity contribution in [2.75, 3.05) is 0 Å². The molecule has 0 aliphatic heterocycles. The maximum Gasteiger partial charge on any atom is 0.251 e. The number of nitrogens with zero attached hydrogens (tertiary/aromatic N) is 2. The molecule has 4 nitrogen and oxygen atoms in total. The number of aromatic nitrogens is 2. The average molecular weight is 333 g/mol. The summed E-state index contributed by atoms with van der Waals surface area (Å²) in [5.41, 5.74) is 7.22. The van der Waals surface area contributed by atoms with Crippen LogP contribution in [0.4, 0.5) is 0 Å². The number of carbonyl (C=O) groups excluding carboxylic acids is 1. The molecule has 1 aromatic heterocycles. The van der Waals surface area contributed by atoms with Crippen molar-refractivity contribution in [2.45, 2.75) is 34.2 Å². The predicted molar refractivity (Wildman–Crippen MR) is 100 cm³/mol. The zero-order chi connectivity index (χ0) is 18.0. The number of benzene rings is 2. The lowest BCUT2D eigenvalue weighted by molar-refractivity contribution is 0.0951. The number of nitrogens with one attached hydrogen (secondary N) is 1. The highest BCUT2D eigenvalue weighted by molar-refractivity contribution is 5.94. The van der Waals surface area contributed by atoms with E-state index in [0.29, 0.717) is 12.1 Å². The van der Waals surface area contributed by atoms with E-state index in [0.717, 1.165) is 22.6 Å². The van der Waals surface area contributed by atoms with Gasteiger partial charge < -0.3 is 5.32 Å². The highest BCUT2D eigenvalue weighted by Crippen LogP contribution is 2.14. The van der Waals surface area contributed by atoms with Crippen LogP contribution in [0.1, 0.15) is 38.4 Å². The molecule has 0 radical (unpaired) electrons. The number of carbonyl (C=O) groups is 1. The molecule has 0 saturated carbocycles. The molecule has 2 aromatic carbocycles. The van der Waals surface area contributed by atoms with Crippen LogP contribution in [0.25, 0.3) is 5.69 Å². The van der Waals surface area contributed by atoms with E-state index in [-0.39, 0.29) is 5.91 Å². The van der Waals surface area contributed by atoms with E-state index in [1.54, 1.807) is 0 Å². The van der Waals surface area contributed by atoms with Crippen molar-refractivity contribution in [3.05, 3.63) is 82.2 Å². The molecule has 1 N–H and O–H groups in total. The highest BCUT2D eigenvalue weighted by Gasteiger charge is 2.08. The fourth-order valence-electron chi connectivity index (χ4n) is 2.97. The van der Waals surface area contributed by atoms with Gasteiger partial charge in [-0.15, -0.1) is 0 Å². The van der Waals surface area contributed by atoms with Gasteiger partial charge >= 0.3 is 0 Å². The number of rotatable bonds is 4. The molecule has 1 amide bonds.